The monoisotopic (exact) mass is 453 g/mol. The Labute approximate surface area is 185 Å². The van der Waals surface area contributed by atoms with Crippen molar-refractivity contribution in [2.75, 3.05) is 11.5 Å². The minimum absolute atomic E-state index is 0.0391. The van der Waals surface area contributed by atoms with Crippen LogP contribution >= 0.6 is 11.8 Å². The fraction of sp³-hybridized carbons (Fsp3) is 0.227. The zero-order valence-electron chi connectivity index (χ0n) is 17.1. The SMILES string of the molecule is CCn1c(SCCCS(N)(=O)=O)nnc1-c1cc(-c2ccccc2)nc2ccccc12. The van der Waals surface area contributed by atoms with Gasteiger partial charge in [-0.05, 0) is 25.5 Å². The largest absolute Gasteiger partial charge is 0.302 e. The molecule has 2 aromatic carbocycles. The highest BCUT2D eigenvalue weighted by atomic mass is 32.2. The van der Waals surface area contributed by atoms with Crippen LogP contribution in [-0.4, -0.2) is 39.7 Å². The molecule has 0 aliphatic heterocycles. The topological polar surface area (TPSA) is 104 Å². The van der Waals surface area contributed by atoms with E-state index in [9.17, 15) is 8.42 Å². The number of sulfonamides is 1. The van der Waals surface area contributed by atoms with Crippen LogP contribution in [0.15, 0.2) is 65.8 Å². The van der Waals surface area contributed by atoms with Crippen LogP contribution in [0.5, 0.6) is 0 Å². The molecule has 0 saturated heterocycles. The van der Waals surface area contributed by atoms with E-state index in [4.69, 9.17) is 10.1 Å². The van der Waals surface area contributed by atoms with Crippen molar-refractivity contribution in [2.24, 2.45) is 5.14 Å². The molecule has 2 aromatic heterocycles. The highest BCUT2D eigenvalue weighted by Crippen LogP contribution is 2.33. The van der Waals surface area contributed by atoms with Crippen molar-refractivity contribution in [2.45, 2.75) is 25.0 Å². The number of primary sulfonamides is 1. The van der Waals surface area contributed by atoms with Gasteiger partial charge in [0.25, 0.3) is 0 Å². The van der Waals surface area contributed by atoms with Crippen LogP contribution in [0.25, 0.3) is 33.5 Å². The summed E-state index contributed by atoms with van der Waals surface area (Å²) >= 11 is 1.49. The number of hydrogen-bond acceptors (Lipinski definition) is 6. The van der Waals surface area contributed by atoms with Crippen LogP contribution in [0.1, 0.15) is 13.3 Å². The summed E-state index contributed by atoms with van der Waals surface area (Å²) in [6, 6.07) is 20.1. The summed E-state index contributed by atoms with van der Waals surface area (Å²) in [5, 5.41) is 15.7. The second-order valence-corrected chi connectivity index (χ2v) is 9.85. The summed E-state index contributed by atoms with van der Waals surface area (Å²) in [6.45, 7) is 2.74. The fourth-order valence-electron chi connectivity index (χ4n) is 3.42. The third-order valence-electron chi connectivity index (χ3n) is 4.86. The molecule has 4 rings (SSSR count). The highest BCUT2D eigenvalue weighted by molar-refractivity contribution is 7.99. The lowest BCUT2D eigenvalue weighted by Crippen LogP contribution is -2.16. The van der Waals surface area contributed by atoms with Crippen molar-refractivity contribution in [3.63, 3.8) is 0 Å². The van der Waals surface area contributed by atoms with E-state index in [1.807, 2.05) is 61.5 Å². The normalized spacial score (nSPS) is 11.8. The molecule has 0 atom stereocenters. The van der Waals surface area contributed by atoms with Crippen LogP contribution in [0, 0.1) is 0 Å². The second-order valence-electron chi connectivity index (χ2n) is 7.06. The first-order valence-electron chi connectivity index (χ1n) is 9.98. The van der Waals surface area contributed by atoms with Gasteiger partial charge in [0.15, 0.2) is 11.0 Å². The molecule has 9 heteroatoms. The molecular weight excluding hydrogens is 430 g/mol. The van der Waals surface area contributed by atoms with Gasteiger partial charge in [-0.3, -0.25) is 0 Å². The van der Waals surface area contributed by atoms with Crippen molar-refractivity contribution in [3.8, 4) is 22.6 Å². The van der Waals surface area contributed by atoms with Crippen molar-refractivity contribution in [3.05, 3.63) is 60.7 Å². The van der Waals surface area contributed by atoms with Gasteiger partial charge in [0, 0.05) is 28.8 Å². The lowest BCUT2D eigenvalue weighted by atomic mass is 10.0. The zero-order valence-corrected chi connectivity index (χ0v) is 18.7. The molecule has 0 amide bonds. The van der Waals surface area contributed by atoms with Gasteiger partial charge in [-0.2, -0.15) is 0 Å². The summed E-state index contributed by atoms with van der Waals surface area (Å²) in [5.74, 6) is 1.33. The first-order valence-corrected chi connectivity index (χ1v) is 12.7. The second kappa shape index (κ2) is 9.17. The van der Waals surface area contributed by atoms with E-state index in [0.29, 0.717) is 18.7 Å². The summed E-state index contributed by atoms with van der Waals surface area (Å²) in [6.07, 6.45) is 0.464. The maximum atomic E-state index is 11.2. The van der Waals surface area contributed by atoms with Crippen LogP contribution in [0.2, 0.25) is 0 Å². The smallest absolute Gasteiger partial charge is 0.209 e. The first-order chi connectivity index (χ1) is 15.0. The third kappa shape index (κ3) is 4.95. The van der Waals surface area contributed by atoms with Gasteiger partial charge in [-0.15, -0.1) is 10.2 Å². The summed E-state index contributed by atoms with van der Waals surface area (Å²) in [7, 11) is -3.45. The van der Waals surface area contributed by atoms with Crippen LogP contribution in [0.4, 0.5) is 0 Å². The molecule has 0 aliphatic carbocycles. The van der Waals surface area contributed by atoms with Gasteiger partial charge in [-0.25, -0.2) is 18.5 Å². The average molecular weight is 454 g/mol. The number of aromatic nitrogens is 4. The number of hydrogen-bond donors (Lipinski definition) is 1. The number of nitrogens with two attached hydrogens (primary N) is 1. The minimum atomic E-state index is -3.45. The van der Waals surface area contributed by atoms with Crippen LogP contribution in [0.3, 0.4) is 0 Å². The van der Waals surface area contributed by atoms with Crippen molar-refractivity contribution in [1.82, 2.24) is 19.7 Å². The summed E-state index contributed by atoms with van der Waals surface area (Å²) in [5.41, 5.74) is 3.78. The molecule has 4 aromatic rings. The Morgan fingerprint density at radius 2 is 1.77 bits per heavy atom. The van der Waals surface area contributed by atoms with Gasteiger partial charge in [0.05, 0.1) is 17.0 Å². The van der Waals surface area contributed by atoms with Crippen LogP contribution in [-0.2, 0) is 16.6 Å². The van der Waals surface area contributed by atoms with Gasteiger partial charge in [-0.1, -0.05) is 60.3 Å². The Hall–Kier alpha value is -2.75. The molecule has 0 aliphatic rings. The Morgan fingerprint density at radius 3 is 2.52 bits per heavy atom. The Balaban J connectivity index is 1.74. The number of fused-ring (bicyclic) bond motifs is 1. The molecule has 31 heavy (non-hydrogen) atoms. The maximum Gasteiger partial charge on any atom is 0.209 e. The van der Waals surface area contributed by atoms with E-state index >= 15 is 0 Å². The molecule has 0 spiro atoms. The number of nitrogens with zero attached hydrogens (tertiary/aromatic N) is 4. The lowest BCUT2D eigenvalue weighted by molar-refractivity contribution is 0.596. The molecule has 2 heterocycles. The molecule has 0 bridgehead atoms. The quantitative estimate of drug-likeness (QED) is 0.320. The summed E-state index contributed by atoms with van der Waals surface area (Å²) < 4.78 is 24.4. The van der Waals surface area contributed by atoms with E-state index in [1.54, 1.807) is 0 Å². The Kier molecular flexibility index (Phi) is 6.35. The van der Waals surface area contributed by atoms with Gasteiger partial charge in [0.2, 0.25) is 10.0 Å². The molecule has 0 unspecified atom stereocenters. The minimum Gasteiger partial charge on any atom is -0.302 e. The van der Waals surface area contributed by atoms with Gasteiger partial charge >= 0.3 is 0 Å². The van der Waals surface area contributed by atoms with Crippen LogP contribution < -0.4 is 5.14 Å². The van der Waals surface area contributed by atoms with E-state index in [1.165, 1.54) is 11.8 Å². The lowest BCUT2D eigenvalue weighted by Gasteiger charge is -2.11. The van der Waals surface area contributed by atoms with E-state index < -0.39 is 10.0 Å². The van der Waals surface area contributed by atoms with E-state index in [0.717, 1.165) is 38.7 Å². The van der Waals surface area contributed by atoms with Crippen molar-refractivity contribution < 1.29 is 8.42 Å². The third-order valence-corrected chi connectivity index (χ3v) is 6.77. The number of benzene rings is 2. The summed E-state index contributed by atoms with van der Waals surface area (Å²) in [4.78, 5) is 4.85. The predicted octanol–water partition coefficient (Wildman–Crippen LogP) is 3.95. The van der Waals surface area contributed by atoms with E-state index in [2.05, 4.69) is 20.8 Å². The molecule has 0 fully saturated rings. The van der Waals surface area contributed by atoms with Crippen molar-refractivity contribution >= 4 is 32.7 Å². The number of rotatable bonds is 8. The van der Waals surface area contributed by atoms with Gasteiger partial charge < -0.3 is 4.57 Å². The molecule has 0 saturated carbocycles. The predicted molar refractivity (Wildman–Crippen MR) is 125 cm³/mol. The molecular formula is C22H23N5O2S2. The van der Waals surface area contributed by atoms with Gasteiger partial charge in [0.1, 0.15) is 0 Å². The molecule has 2 N–H and O–H groups in total. The number of thioether (sulfide) groups is 1. The highest BCUT2D eigenvalue weighted by Gasteiger charge is 2.17. The maximum absolute atomic E-state index is 11.2. The molecule has 0 radical (unpaired) electrons. The number of para-hydroxylation sites is 1. The molecule has 160 valence electrons. The first kappa shape index (κ1) is 21.5. The Morgan fingerprint density at radius 1 is 1.03 bits per heavy atom. The molecule has 7 nitrogen and oxygen atoms in total. The average Bonchev–Trinajstić information content (AvgIpc) is 3.18. The fourth-order valence-corrected chi connectivity index (χ4v) is 5.09. The Bertz CT molecular complexity index is 1300. The zero-order chi connectivity index (χ0) is 21.8. The standard InChI is InChI=1S/C22H23N5O2S2/c1-2-27-21(25-26-22(27)30-13-8-14-31(23,28)29)18-15-20(16-9-4-3-5-10-16)24-19-12-7-6-11-17(18)19/h3-7,9-12,15H,2,8,13-14H2,1H3,(H2,23,28,29). The van der Waals surface area contributed by atoms with E-state index in [-0.39, 0.29) is 5.75 Å². The number of pyridine rings is 1. The van der Waals surface area contributed by atoms with Crippen molar-refractivity contribution in [1.29, 1.82) is 0 Å².